The van der Waals surface area contributed by atoms with Gasteiger partial charge in [-0.25, -0.2) is 4.79 Å². The third-order valence-electron chi connectivity index (χ3n) is 2.78. The second-order valence-electron chi connectivity index (χ2n) is 4.44. The number of rotatable bonds is 4. The average molecular weight is 285 g/mol. The summed E-state index contributed by atoms with van der Waals surface area (Å²) in [7, 11) is -2.23. The van der Waals surface area contributed by atoms with Crippen LogP contribution in [0.3, 0.4) is 0 Å². The Morgan fingerprint density at radius 3 is 2.53 bits per heavy atom. The Hall–Kier alpha value is -1.60. The molecule has 1 aromatic carbocycles. The molecule has 104 valence electrons. The van der Waals surface area contributed by atoms with E-state index in [4.69, 9.17) is 8.92 Å². The lowest BCUT2D eigenvalue weighted by atomic mass is 10.2. The van der Waals surface area contributed by atoms with Crippen LogP contribution in [0.15, 0.2) is 29.2 Å². The highest BCUT2D eigenvalue weighted by Crippen LogP contribution is 2.16. The van der Waals surface area contributed by atoms with E-state index in [2.05, 4.69) is 0 Å². The molecule has 1 aromatic rings. The summed E-state index contributed by atoms with van der Waals surface area (Å²) in [5.74, 6) is 0. The van der Waals surface area contributed by atoms with E-state index in [9.17, 15) is 13.2 Å². The zero-order valence-corrected chi connectivity index (χ0v) is 11.5. The van der Waals surface area contributed by atoms with E-state index in [-0.39, 0.29) is 11.5 Å². The smallest absolute Gasteiger partial charge is 0.410 e. The summed E-state index contributed by atoms with van der Waals surface area (Å²) >= 11 is 0. The van der Waals surface area contributed by atoms with Crippen molar-refractivity contribution in [2.24, 2.45) is 0 Å². The largest absolute Gasteiger partial charge is 0.442 e. The average Bonchev–Trinajstić information content (AvgIpc) is 2.67. The quantitative estimate of drug-likeness (QED) is 0.776. The summed E-state index contributed by atoms with van der Waals surface area (Å²) in [6.45, 7) is 2.01. The van der Waals surface area contributed by atoms with Crippen molar-refractivity contribution in [3.05, 3.63) is 29.8 Å². The van der Waals surface area contributed by atoms with Crippen molar-refractivity contribution < 1.29 is 22.1 Å². The molecule has 0 bridgehead atoms. The van der Waals surface area contributed by atoms with Gasteiger partial charge in [-0.15, -0.1) is 0 Å². The zero-order valence-electron chi connectivity index (χ0n) is 10.7. The molecule has 1 atom stereocenters. The van der Waals surface area contributed by atoms with Crippen molar-refractivity contribution >= 4 is 16.2 Å². The standard InChI is InChI=1S/C12H15NO5S/c1-9-3-5-11(6-4-9)19(15,16)17-8-10-7-13(2)12(14)18-10/h3-6,10H,7-8H2,1-2H3/t10-/m1/s1. The molecule has 0 aliphatic carbocycles. The predicted molar refractivity (Wildman–Crippen MR) is 67.2 cm³/mol. The number of cyclic esters (lactones) is 1. The summed E-state index contributed by atoms with van der Waals surface area (Å²) in [5.41, 5.74) is 0.963. The predicted octanol–water partition coefficient (Wildman–Crippen LogP) is 1.15. The van der Waals surface area contributed by atoms with Gasteiger partial charge in [-0.3, -0.25) is 4.18 Å². The highest BCUT2D eigenvalue weighted by molar-refractivity contribution is 7.86. The van der Waals surface area contributed by atoms with Gasteiger partial charge in [0.2, 0.25) is 0 Å². The molecule has 0 radical (unpaired) electrons. The second kappa shape index (κ2) is 5.18. The van der Waals surface area contributed by atoms with Crippen molar-refractivity contribution in [1.29, 1.82) is 0 Å². The molecule has 1 aliphatic rings. The summed E-state index contributed by atoms with van der Waals surface area (Å²) in [4.78, 5) is 12.6. The van der Waals surface area contributed by atoms with Crippen molar-refractivity contribution in [3.8, 4) is 0 Å². The van der Waals surface area contributed by atoms with Crippen LogP contribution in [0.4, 0.5) is 4.79 Å². The normalized spacial score (nSPS) is 19.6. The number of carbonyl (C=O) groups is 1. The van der Waals surface area contributed by atoms with Crippen LogP contribution in [0.25, 0.3) is 0 Å². The van der Waals surface area contributed by atoms with Gasteiger partial charge in [-0.05, 0) is 19.1 Å². The zero-order chi connectivity index (χ0) is 14.0. The Morgan fingerprint density at radius 2 is 2.00 bits per heavy atom. The lowest BCUT2D eigenvalue weighted by Crippen LogP contribution is -2.23. The number of ether oxygens (including phenoxy) is 1. The molecular weight excluding hydrogens is 270 g/mol. The minimum atomic E-state index is -3.81. The first-order valence-electron chi connectivity index (χ1n) is 5.76. The van der Waals surface area contributed by atoms with Crippen molar-refractivity contribution in [1.82, 2.24) is 4.90 Å². The Bertz CT molecular complexity index is 566. The molecule has 0 saturated carbocycles. The maximum atomic E-state index is 11.9. The van der Waals surface area contributed by atoms with Crippen LogP contribution < -0.4 is 0 Å². The van der Waals surface area contributed by atoms with Gasteiger partial charge in [-0.1, -0.05) is 17.7 Å². The number of aryl methyl sites for hydroxylation is 1. The summed E-state index contributed by atoms with van der Waals surface area (Å²) in [5, 5.41) is 0. The van der Waals surface area contributed by atoms with Gasteiger partial charge < -0.3 is 9.64 Å². The molecule has 7 heteroatoms. The second-order valence-corrected chi connectivity index (χ2v) is 6.05. The van der Waals surface area contributed by atoms with E-state index in [0.717, 1.165) is 5.56 Å². The van der Waals surface area contributed by atoms with Crippen molar-refractivity contribution in [2.45, 2.75) is 17.9 Å². The van der Waals surface area contributed by atoms with Crippen LogP contribution >= 0.6 is 0 Å². The van der Waals surface area contributed by atoms with Crippen molar-refractivity contribution in [2.75, 3.05) is 20.2 Å². The van der Waals surface area contributed by atoms with Crippen molar-refractivity contribution in [3.63, 3.8) is 0 Å². The fraction of sp³-hybridized carbons (Fsp3) is 0.417. The number of carbonyl (C=O) groups excluding carboxylic acids is 1. The molecule has 1 fully saturated rings. The summed E-state index contributed by atoms with van der Waals surface area (Å²) in [6, 6.07) is 6.36. The molecule has 6 nitrogen and oxygen atoms in total. The molecule has 1 aliphatic heterocycles. The van der Waals surface area contributed by atoms with Crippen LogP contribution in [0.5, 0.6) is 0 Å². The number of likely N-dealkylation sites (N-methyl/N-ethyl adjacent to an activating group) is 1. The van der Waals surface area contributed by atoms with Gasteiger partial charge >= 0.3 is 6.09 Å². The first-order valence-corrected chi connectivity index (χ1v) is 7.17. The molecule has 0 spiro atoms. The third kappa shape index (κ3) is 3.24. The van der Waals surface area contributed by atoms with E-state index in [1.807, 2.05) is 6.92 Å². The number of nitrogens with zero attached hydrogens (tertiary/aromatic N) is 1. The van der Waals surface area contributed by atoms with E-state index < -0.39 is 22.3 Å². The lowest BCUT2D eigenvalue weighted by Gasteiger charge is -2.09. The maximum absolute atomic E-state index is 11.9. The van der Waals surface area contributed by atoms with E-state index in [0.29, 0.717) is 6.54 Å². The molecule has 19 heavy (non-hydrogen) atoms. The van der Waals surface area contributed by atoms with Gasteiger partial charge in [0.05, 0.1) is 11.4 Å². The van der Waals surface area contributed by atoms with Crippen LogP contribution in [-0.2, 0) is 19.0 Å². The Labute approximate surface area is 112 Å². The SMILES string of the molecule is Cc1ccc(S(=O)(=O)OC[C@H]2CN(C)C(=O)O2)cc1. The van der Waals surface area contributed by atoms with Gasteiger partial charge in [-0.2, -0.15) is 8.42 Å². The fourth-order valence-electron chi connectivity index (χ4n) is 1.67. The lowest BCUT2D eigenvalue weighted by molar-refractivity contribution is 0.105. The summed E-state index contributed by atoms with van der Waals surface area (Å²) in [6.07, 6.45) is -1.03. The molecule has 2 rings (SSSR count). The molecule has 0 N–H and O–H groups in total. The molecule has 0 aromatic heterocycles. The fourth-order valence-corrected chi connectivity index (χ4v) is 2.61. The number of amides is 1. The maximum Gasteiger partial charge on any atom is 0.410 e. The first kappa shape index (κ1) is 13.8. The molecule has 1 amide bonds. The van der Waals surface area contributed by atoms with E-state index in [1.54, 1.807) is 19.2 Å². The first-order chi connectivity index (χ1) is 8.88. The third-order valence-corrected chi connectivity index (χ3v) is 4.07. The van der Waals surface area contributed by atoms with Crippen LogP contribution in [0.2, 0.25) is 0 Å². The van der Waals surface area contributed by atoms with Crippen LogP contribution in [0, 0.1) is 6.92 Å². The van der Waals surface area contributed by atoms with Gasteiger partial charge in [0.15, 0.2) is 0 Å². The minimum absolute atomic E-state index is 0.0933. The minimum Gasteiger partial charge on any atom is -0.442 e. The van der Waals surface area contributed by atoms with E-state index >= 15 is 0 Å². The topological polar surface area (TPSA) is 72.9 Å². The summed E-state index contributed by atoms with van der Waals surface area (Å²) < 4.78 is 33.6. The van der Waals surface area contributed by atoms with Crippen LogP contribution in [0.1, 0.15) is 5.56 Å². The van der Waals surface area contributed by atoms with Gasteiger partial charge in [0, 0.05) is 7.05 Å². The molecule has 0 unspecified atom stereocenters. The number of benzene rings is 1. The Morgan fingerprint density at radius 1 is 1.37 bits per heavy atom. The highest BCUT2D eigenvalue weighted by Gasteiger charge is 2.30. The number of hydrogen-bond acceptors (Lipinski definition) is 5. The number of hydrogen-bond donors (Lipinski definition) is 0. The molecule has 1 saturated heterocycles. The van der Waals surface area contributed by atoms with E-state index in [1.165, 1.54) is 17.0 Å². The Balaban J connectivity index is 1.99. The monoisotopic (exact) mass is 285 g/mol. The molecular formula is C12H15NO5S. The Kier molecular flexibility index (Phi) is 3.77. The van der Waals surface area contributed by atoms with Crippen LogP contribution in [-0.4, -0.2) is 45.7 Å². The molecule has 1 heterocycles. The van der Waals surface area contributed by atoms with Gasteiger partial charge in [0.25, 0.3) is 10.1 Å². The van der Waals surface area contributed by atoms with Gasteiger partial charge in [0.1, 0.15) is 12.7 Å². The highest BCUT2D eigenvalue weighted by atomic mass is 32.2.